The zero-order chi connectivity index (χ0) is 17.4. The normalized spacial score (nSPS) is 11.8. The summed E-state index contributed by atoms with van der Waals surface area (Å²) in [4.78, 5) is 20.4. The summed E-state index contributed by atoms with van der Waals surface area (Å²) in [6, 6.07) is 13.0. The van der Waals surface area contributed by atoms with Crippen LogP contribution in [0, 0.1) is 0 Å². The number of aromatic amines is 2. The molecule has 3 aromatic heterocycles. The van der Waals surface area contributed by atoms with Gasteiger partial charge in [-0.25, -0.2) is 4.98 Å². The summed E-state index contributed by atoms with van der Waals surface area (Å²) < 4.78 is 5.30. The first-order chi connectivity index (χ1) is 12.0. The first-order valence-electron chi connectivity index (χ1n) is 7.90. The van der Waals surface area contributed by atoms with Crippen LogP contribution >= 0.6 is 0 Å². The van der Waals surface area contributed by atoms with Gasteiger partial charge in [0.05, 0.1) is 22.8 Å². The van der Waals surface area contributed by atoms with Gasteiger partial charge in [0, 0.05) is 6.07 Å². The molecule has 3 heterocycles. The molecule has 7 nitrogen and oxygen atoms in total. The largest absolute Gasteiger partial charge is 0.463 e. The van der Waals surface area contributed by atoms with Crippen LogP contribution in [0.25, 0.3) is 22.5 Å². The SMILES string of the molecule is CC(C)(NC(=O)c1cc(-c2ccco2)[nH]n1)c1nc2ccccc2[nH]1. The molecule has 0 atom stereocenters. The molecule has 0 spiro atoms. The minimum absolute atomic E-state index is 0.288. The average molecular weight is 335 g/mol. The maximum atomic E-state index is 12.6. The van der Waals surface area contributed by atoms with Crippen molar-refractivity contribution in [2.24, 2.45) is 0 Å². The number of amides is 1. The summed E-state index contributed by atoms with van der Waals surface area (Å²) in [6.07, 6.45) is 1.57. The Kier molecular flexibility index (Phi) is 3.42. The summed E-state index contributed by atoms with van der Waals surface area (Å²) in [5, 5.41) is 9.84. The summed E-state index contributed by atoms with van der Waals surface area (Å²) in [5.74, 6) is 1.02. The van der Waals surface area contributed by atoms with Gasteiger partial charge in [-0.1, -0.05) is 12.1 Å². The molecule has 126 valence electrons. The third-order valence-corrected chi connectivity index (χ3v) is 4.00. The molecule has 0 aliphatic rings. The minimum atomic E-state index is -0.681. The second-order valence-corrected chi connectivity index (χ2v) is 6.33. The monoisotopic (exact) mass is 335 g/mol. The fraction of sp³-hybridized carbons (Fsp3) is 0.167. The maximum Gasteiger partial charge on any atom is 0.272 e. The van der Waals surface area contributed by atoms with Gasteiger partial charge in [0.1, 0.15) is 11.5 Å². The Morgan fingerprint density at radius 2 is 2.04 bits per heavy atom. The van der Waals surface area contributed by atoms with Crippen LogP contribution < -0.4 is 5.32 Å². The van der Waals surface area contributed by atoms with Crippen molar-refractivity contribution in [2.75, 3.05) is 0 Å². The lowest BCUT2D eigenvalue weighted by Gasteiger charge is -2.23. The average Bonchev–Trinajstić information content (AvgIpc) is 3.32. The number of nitrogens with zero attached hydrogens (tertiary/aromatic N) is 2. The van der Waals surface area contributed by atoms with E-state index in [1.165, 1.54) is 0 Å². The number of nitrogens with one attached hydrogen (secondary N) is 3. The minimum Gasteiger partial charge on any atom is -0.463 e. The van der Waals surface area contributed by atoms with E-state index in [0.29, 0.717) is 17.3 Å². The van der Waals surface area contributed by atoms with Crippen molar-refractivity contribution in [3.63, 3.8) is 0 Å². The Balaban J connectivity index is 1.56. The van der Waals surface area contributed by atoms with Crippen molar-refractivity contribution in [3.05, 3.63) is 60.2 Å². The molecule has 0 saturated heterocycles. The topological polar surface area (TPSA) is 99.6 Å². The fourth-order valence-corrected chi connectivity index (χ4v) is 2.65. The molecule has 0 saturated carbocycles. The smallest absolute Gasteiger partial charge is 0.272 e. The summed E-state index contributed by atoms with van der Waals surface area (Å²) in [7, 11) is 0. The Morgan fingerprint density at radius 1 is 1.20 bits per heavy atom. The van der Waals surface area contributed by atoms with Crippen molar-refractivity contribution in [1.82, 2.24) is 25.5 Å². The van der Waals surface area contributed by atoms with Gasteiger partial charge in [0.25, 0.3) is 5.91 Å². The van der Waals surface area contributed by atoms with E-state index < -0.39 is 5.54 Å². The molecule has 0 bridgehead atoms. The number of carbonyl (C=O) groups is 1. The fourth-order valence-electron chi connectivity index (χ4n) is 2.65. The van der Waals surface area contributed by atoms with Crippen LogP contribution in [0.2, 0.25) is 0 Å². The van der Waals surface area contributed by atoms with Crippen molar-refractivity contribution in [2.45, 2.75) is 19.4 Å². The Hall–Kier alpha value is -3.35. The van der Waals surface area contributed by atoms with Crippen molar-refractivity contribution in [3.8, 4) is 11.5 Å². The van der Waals surface area contributed by atoms with Gasteiger partial charge in [-0.2, -0.15) is 5.10 Å². The Labute approximate surface area is 143 Å². The van der Waals surface area contributed by atoms with E-state index >= 15 is 0 Å². The van der Waals surface area contributed by atoms with E-state index in [-0.39, 0.29) is 11.6 Å². The second-order valence-electron chi connectivity index (χ2n) is 6.33. The summed E-state index contributed by atoms with van der Waals surface area (Å²) in [5.41, 5.74) is 2.05. The highest BCUT2D eigenvalue weighted by atomic mass is 16.3. The molecule has 3 N–H and O–H groups in total. The molecule has 4 aromatic rings. The maximum absolute atomic E-state index is 12.6. The van der Waals surface area contributed by atoms with Gasteiger partial charge in [-0.05, 0) is 38.1 Å². The van der Waals surface area contributed by atoms with Gasteiger partial charge in [0.15, 0.2) is 11.5 Å². The number of furan rings is 1. The quantitative estimate of drug-likeness (QED) is 0.533. The molecule has 0 unspecified atom stereocenters. The van der Waals surface area contributed by atoms with Gasteiger partial charge in [0.2, 0.25) is 0 Å². The highest BCUT2D eigenvalue weighted by Crippen LogP contribution is 2.22. The molecule has 1 amide bonds. The lowest BCUT2D eigenvalue weighted by atomic mass is 10.0. The van der Waals surface area contributed by atoms with Crippen LogP contribution in [0.1, 0.15) is 30.2 Å². The number of hydrogen-bond donors (Lipinski definition) is 3. The highest BCUT2D eigenvalue weighted by Gasteiger charge is 2.28. The van der Waals surface area contributed by atoms with E-state index in [0.717, 1.165) is 11.0 Å². The molecule has 4 rings (SSSR count). The molecule has 0 aliphatic heterocycles. The van der Waals surface area contributed by atoms with Crippen LogP contribution in [0.15, 0.2) is 53.1 Å². The van der Waals surface area contributed by atoms with Crippen LogP contribution in [-0.2, 0) is 5.54 Å². The lowest BCUT2D eigenvalue weighted by Crippen LogP contribution is -2.42. The molecule has 0 aliphatic carbocycles. The van der Waals surface area contributed by atoms with Crippen molar-refractivity contribution >= 4 is 16.9 Å². The number of para-hydroxylation sites is 2. The molecule has 0 fully saturated rings. The first-order valence-corrected chi connectivity index (χ1v) is 7.90. The Morgan fingerprint density at radius 3 is 2.80 bits per heavy atom. The predicted octanol–water partition coefficient (Wildman–Crippen LogP) is 3.21. The number of fused-ring (bicyclic) bond motifs is 1. The number of hydrogen-bond acceptors (Lipinski definition) is 4. The predicted molar refractivity (Wildman–Crippen MR) is 92.9 cm³/mol. The molecular formula is C18H17N5O2. The molecule has 25 heavy (non-hydrogen) atoms. The number of H-pyrrole nitrogens is 2. The van der Waals surface area contributed by atoms with Crippen LogP contribution in [0.5, 0.6) is 0 Å². The Bertz CT molecular complexity index is 994. The van der Waals surface area contributed by atoms with E-state index in [4.69, 9.17) is 4.42 Å². The van der Waals surface area contributed by atoms with Crippen molar-refractivity contribution < 1.29 is 9.21 Å². The zero-order valence-electron chi connectivity index (χ0n) is 13.8. The summed E-state index contributed by atoms with van der Waals surface area (Å²) in [6.45, 7) is 3.78. The van der Waals surface area contributed by atoms with Gasteiger partial charge >= 0.3 is 0 Å². The highest BCUT2D eigenvalue weighted by molar-refractivity contribution is 5.93. The van der Waals surface area contributed by atoms with E-state index in [1.807, 2.05) is 38.1 Å². The molecule has 1 aromatic carbocycles. The third-order valence-electron chi connectivity index (χ3n) is 4.00. The van der Waals surface area contributed by atoms with Crippen molar-refractivity contribution in [1.29, 1.82) is 0 Å². The summed E-state index contributed by atoms with van der Waals surface area (Å²) >= 11 is 0. The standard InChI is InChI=1S/C18H17N5O2/c1-18(2,17-19-11-6-3-4-7-12(11)20-17)21-16(24)14-10-13(22-23-14)15-8-5-9-25-15/h3-10H,1-2H3,(H,19,20)(H,21,24)(H,22,23). The molecule has 7 heteroatoms. The number of rotatable bonds is 4. The number of carbonyl (C=O) groups excluding carboxylic acids is 1. The first kappa shape index (κ1) is 15.2. The zero-order valence-corrected chi connectivity index (χ0v) is 13.8. The molecule has 0 radical (unpaired) electrons. The van der Waals surface area contributed by atoms with Crippen LogP contribution in [0.3, 0.4) is 0 Å². The van der Waals surface area contributed by atoms with Gasteiger partial charge < -0.3 is 14.7 Å². The number of imidazole rings is 1. The van der Waals surface area contributed by atoms with Crippen LogP contribution in [0.4, 0.5) is 0 Å². The van der Waals surface area contributed by atoms with Crippen LogP contribution in [-0.4, -0.2) is 26.1 Å². The van der Waals surface area contributed by atoms with Gasteiger partial charge in [-0.15, -0.1) is 0 Å². The number of aromatic nitrogens is 4. The van der Waals surface area contributed by atoms with E-state index in [1.54, 1.807) is 24.5 Å². The van der Waals surface area contributed by atoms with E-state index in [9.17, 15) is 4.79 Å². The van der Waals surface area contributed by atoms with E-state index in [2.05, 4.69) is 25.5 Å². The van der Waals surface area contributed by atoms with Gasteiger partial charge in [-0.3, -0.25) is 9.89 Å². The molecular weight excluding hydrogens is 318 g/mol. The lowest BCUT2D eigenvalue weighted by molar-refractivity contribution is 0.0903. The number of benzene rings is 1. The second kappa shape index (κ2) is 5.62. The third kappa shape index (κ3) is 2.80.